The Labute approximate surface area is 189 Å². The number of benzene rings is 3. The number of carbonyl (C=O) groups is 2. The van der Waals surface area contributed by atoms with Crippen LogP contribution >= 0.6 is 0 Å². The maximum absolute atomic E-state index is 12.5. The van der Waals surface area contributed by atoms with Gasteiger partial charge in [-0.1, -0.05) is 38.1 Å². The van der Waals surface area contributed by atoms with Gasteiger partial charge in [0.05, 0.1) is 0 Å². The number of anilines is 1. The van der Waals surface area contributed by atoms with Crippen LogP contribution in [-0.2, 0) is 4.79 Å². The average Bonchev–Trinajstić information content (AvgIpc) is 2.77. The van der Waals surface area contributed by atoms with E-state index in [-0.39, 0.29) is 5.91 Å². The number of rotatable bonds is 7. The van der Waals surface area contributed by atoms with Gasteiger partial charge in [0.1, 0.15) is 11.5 Å². The Morgan fingerprint density at radius 3 is 2.06 bits per heavy atom. The highest BCUT2D eigenvalue weighted by Crippen LogP contribution is 2.21. The van der Waals surface area contributed by atoms with E-state index < -0.39 is 12.1 Å². The van der Waals surface area contributed by atoms with E-state index in [0.717, 1.165) is 16.8 Å². The summed E-state index contributed by atoms with van der Waals surface area (Å²) < 4.78 is 11.1. The van der Waals surface area contributed by atoms with Crippen molar-refractivity contribution in [3.63, 3.8) is 0 Å². The second-order valence-electron chi connectivity index (χ2n) is 8.20. The highest BCUT2D eigenvalue weighted by atomic mass is 16.6. The first-order valence-corrected chi connectivity index (χ1v) is 10.7. The molecular formula is C27H29NO4. The van der Waals surface area contributed by atoms with Gasteiger partial charge in [-0.05, 0) is 85.8 Å². The summed E-state index contributed by atoms with van der Waals surface area (Å²) in [4.78, 5) is 24.9. The molecule has 0 aromatic heterocycles. The van der Waals surface area contributed by atoms with Crippen molar-refractivity contribution in [2.45, 2.75) is 46.6 Å². The second-order valence-corrected chi connectivity index (χ2v) is 8.20. The molecule has 0 bridgehead atoms. The zero-order valence-electron chi connectivity index (χ0n) is 19.1. The number of amides is 1. The molecule has 1 unspecified atom stereocenters. The largest absolute Gasteiger partial charge is 0.479 e. The molecule has 1 N–H and O–H groups in total. The van der Waals surface area contributed by atoms with Crippen LogP contribution in [0.15, 0.2) is 66.7 Å². The standard InChI is InChI=1S/C27H29NO4/c1-17(2)21-8-12-23(13-9-21)31-20(5)27(30)32-24-14-10-22(11-15-24)26(29)28-25-16-18(3)6-7-19(25)4/h6-17,20H,1-5H3,(H,28,29). The molecule has 0 spiro atoms. The zero-order chi connectivity index (χ0) is 23.3. The van der Waals surface area contributed by atoms with Crippen LogP contribution in [0.2, 0.25) is 0 Å². The van der Waals surface area contributed by atoms with Gasteiger partial charge in [0.15, 0.2) is 6.10 Å². The Kier molecular flexibility index (Phi) is 7.31. The van der Waals surface area contributed by atoms with E-state index >= 15 is 0 Å². The van der Waals surface area contributed by atoms with E-state index in [9.17, 15) is 9.59 Å². The van der Waals surface area contributed by atoms with Crippen LogP contribution in [0.3, 0.4) is 0 Å². The van der Waals surface area contributed by atoms with Gasteiger partial charge in [0.2, 0.25) is 0 Å². The van der Waals surface area contributed by atoms with Crippen molar-refractivity contribution in [3.05, 3.63) is 89.0 Å². The number of hydrogen-bond acceptors (Lipinski definition) is 4. The van der Waals surface area contributed by atoms with Crippen LogP contribution in [0.4, 0.5) is 5.69 Å². The molecule has 5 heteroatoms. The summed E-state index contributed by atoms with van der Waals surface area (Å²) in [6, 6.07) is 20.0. The smallest absolute Gasteiger partial charge is 0.352 e. The van der Waals surface area contributed by atoms with Crippen molar-refractivity contribution in [2.24, 2.45) is 0 Å². The number of hydrogen-bond donors (Lipinski definition) is 1. The minimum Gasteiger partial charge on any atom is -0.479 e. The second kappa shape index (κ2) is 10.1. The maximum atomic E-state index is 12.5. The number of nitrogens with one attached hydrogen (secondary N) is 1. The number of esters is 1. The fourth-order valence-corrected chi connectivity index (χ4v) is 3.12. The van der Waals surface area contributed by atoms with Crippen LogP contribution in [0, 0.1) is 13.8 Å². The number of carbonyl (C=O) groups excluding carboxylic acids is 2. The van der Waals surface area contributed by atoms with Crippen molar-refractivity contribution >= 4 is 17.6 Å². The minimum atomic E-state index is -0.771. The molecular weight excluding hydrogens is 402 g/mol. The molecule has 0 heterocycles. The molecule has 0 aliphatic heterocycles. The quantitative estimate of drug-likeness (QED) is 0.365. The van der Waals surface area contributed by atoms with Gasteiger partial charge < -0.3 is 14.8 Å². The molecule has 1 atom stereocenters. The van der Waals surface area contributed by atoms with E-state index in [1.807, 2.05) is 56.3 Å². The lowest BCUT2D eigenvalue weighted by atomic mass is 10.0. The fourth-order valence-electron chi connectivity index (χ4n) is 3.12. The van der Waals surface area contributed by atoms with E-state index in [2.05, 4.69) is 19.2 Å². The Balaban J connectivity index is 1.57. The summed E-state index contributed by atoms with van der Waals surface area (Å²) in [5, 5.41) is 2.92. The first-order chi connectivity index (χ1) is 15.2. The van der Waals surface area contributed by atoms with Crippen molar-refractivity contribution in [1.29, 1.82) is 0 Å². The van der Waals surface area contributed by atoms with E-state index in [1.165, 1.54) is 5.56 Å². The third-order valence-electron chi connectivity index (χ3n) is 5.17. The predicted molar refractivity (Wildman–Crippen MR) is 127 cm³/mol. The molecule has 0 radical (unpaired) electrons. The van der Waals surface area contributed by atoms with Crippen LogP contribution < -0.4 is 14.8 Å². The molecule has 3 rings (SSSR count). The van der Waals surface area contributed by atoms with Crippen molar-refractivity contribution in [2.75, 3.05) is 5.32 Å². The van der Waals surface area contributed by atoms with Crippen LogP contribution in [-0.4, -0.2) is 18.0 Å². The third kappa shape index (κ3) is 5.97. The summed E-state index contributed by atoms with van der Waals surface area (Å²) >= 11 is 0. The van der Waals surface area contributed by atoms with Crippen LogP contribution in [0.5, 0.6) is 11.5 Å². The van der Waals surface area contributed by atoms with Crippen molar-refractivity contribution in [3.8, 4) is 11.5 Å². The summed E-state index contributed by atoms with van der Waals surface area (Å²) in [5.41, 5.74) is 4.51. The molecule has 0 aliphatic rings. The van der Waals surface area contributed by atoms with Crippen molar-refractivity contribution in [1.82, 2.24) is 0 Å². The molecule has 3 aromatic carbocycles. The summed E-state index contributed by atoms with van der Waals surface area (Å²) in [5.74, 6) is 0.655. The van der Waals surface area contributed by atoms with Gasteiger partial charge in [-0.25, -0.2) is 4.79 Å². The molecule has 32 heavy (non-hydrogen) atoms. The molecule has 0 fully saturated rings. The Morgan fingerprint density at radius 2 is 1.44 bits per heavy atom. The molecule has 0 saturated heterocycles. The highest BCUT2D eigenvalue weighted by molar-refractivity contribution is 6.04. The average molecular weight is 432 g/mol. The lowest BCUT2D eigenvalue weighted by Crippen LogP contribution is -2.28. The lowest BCUT2D eigenvalue weighted by molar-refractivity contribution is -0.141. The lowest BCUT2D eigenvalue weighted by Gasteiger charge is -2.15. The first-order valence-electron chi connectivity index (χ1n) is 10.7. The molecule has 1 amide bonds. The molecule has 0 aliphatic carbocycles. The van der Waals surface area contributed by atoms with Crippen LogP contribution in [0.25, 0.3) is 0 Å². The number of aryl methyl sites for hydroxylation is 2. The monoisotopic (exact) mass is 431 g/mol. The summed E-state index contributed by atoms with van der Waals surface area (Å²) in [6.07, 6.45) is -0.771. The van der Waals surface area contributed by atoms with Gasteiger partial charge >= 0.3 is 5.97 Å². The topological polar surface area (TPSA) is 64.6 Å². The highest BCUT2D eigenvalue weighted by Gasteiger charge is 2.18. The molecule has 5 nitrogen and oxygen atoms in total. The molecule has 3 aromatic rings. The molecule has 0 saturated carbocycles. The van der Waals surface area contributed by atoms with E-state index in [4.69, 9.17) is 9.47 Å². The predicted octanol–water partition coefficient (Wildman–Crippen LogP) is 6.05. The normalized spacial score (nSPS) is 11.7. The minimum absolute atomic E-state index is 0.224. The number of ether oxygens (including phenoxy) is 2. The Bertz CT molecular complexity index is 1090. The van der Waals surface area contributed by atoms with Crippen molar-refractivity contribution < 1.29 is 19.1 Å². The Morgan fingerprint density at radius 1 is 0.812 bits per heavy atom. The SMILES string of the molecule is Cc1ccc(C)c(NC(=O)c2ccc(OC(=O)C(C)Oc3ccc(C(C)C)cc3)cc2)c1. The van der Waals surface area contributed by atoms with Gasteiger partial charge in [-0.15, -0.1) is 0 Å². The maximum Gasteiger partial charge on any atom is 0.352 e. The van der Waals surface area contributed by atoms with E-state index in [1.54, 1.807) is 31.2 Å². The third-order valence-corrected chi connectivity index (χ3v) is 5.17. The Hall–Kier alpha value is -3.60. The van der Waals surface area contributed by atoms with Gasteiger partial charge in [0, 0.05) is 11.3 Å². The van der Waals surface area contributed by atoms with Crippen LogP contribution in [0.1, 0.15) is 53.7 Å². The molecule has 166 valence electrons. The fraction of sp³-hybridized carbons (Fsp3) is 0.259. The van der Waals surface area contributed by atoms with Gasteiger partial charge in [-0.2, -0.15) is 0 Å². The summed E-state index contributed by atoms with van der Waals surface area (Å²) in [6.45, 7) is 9.80. The summed E-state index contributed by atoms with van der Waals surface area (Å²) in [7, 11) is 0. The zero-order valence-corrected chi connectivity index (χ0v) is 19.1. The van der Waals surface area contributed by atoms with Gasteiger partial charge in [0.25, 0.3) is 5.91 Å². The first kappa shape index (κ1) is 23.1. The van der Waals surface area contributed by atoms with E-state index in [0.29, 0.717) is 23.0 Å². The van der Waals surface area contributed by atoms with Gasteiger partial charge in [-0.3, -0.25) is 4.79 Å².